The quantitative estimate of drug-likeness (QED) is 0.536. The maximum atomic E-state index is 10.9. The summed E-state index contributed by atoms with van der Waals surface area (Å²) in [4.78, 5) is 22.8. The molecule has 4 nitrogen and oxygen atoms in total. The maximum absolute atomic E-state index is 10.9. The molecule has 0 unspecified atom stereocenters. The molecule has 1 rings (SSSR count). The molecule has 0 fully saturated rings. The fourth-order valence-corrected chi connectivity index (χ4v) is 0.928. The van der Waals surface area contributed by atoms with Crippen molar-refractivity contribution in [1.82, 2.24) is 4.90 Å². The van der Waals surface area contributed by atoms with E-state index in [9.17, 15) is 9.59 Å². The minimum Gasteiger partial charge on any atom is -0.394 e. The summed E-state index contributed by atoms with van der Waals surface area (Å²) in [6.45, 7) is 1.42. The average Bonchev–Trinajstić information content (AvgIpc) is 2.30. The minimum absolute atomic E-state index is 0.195. The fourth-order valence-electron chi connectivity index (χ4n) is 0.928. The van der Waals surface area contributed by atoms with Crippen LogP contribution in [0.3, 0.4) is 0 Å². The van der Waals surface area contributed by atoms with E-state index in [1.807, 2.05) is 0 Å². The molecule has 60 valence electrons. The largest absolute Gasteiger partial charge is 0.394 e. The third-order valence-electron chi connectivity index (χ3n) is 1.55. The Bertz CT molecular complexity index is 204. The standard InChI is InChI=1S/C7H9NO3/c1-5(4-9)8-6(10)2-3-7(8)11/h2-3,5,9H,4H2,1H3/t5-/m0/s1. The smallest absolute Gasteiger partial charge is 0.253 e. The molecular formula is C7H9NO3. The van der Waals surface area contributed by atoms with Gasteiger partial charge in [-0.2, -0.15) is 0 Å². The highest BCUT2D eigenvalue weighted by Gasteiger charge is 2.27. The molecule has 1 aliphatic heterocycles. The van der Waals surface area contributed by atoms with Gasteiger partial charge in [-0.05, 0) is 6.92 Å². The Hall–Kier alpha value is -1.16. The van der Waals surface area contributed by atoms with Gasteiger partial charge in [-0.3, -0.25) is 14.5 Å². The van der Waals surface area contributed by atoms with Crippen molar-refractivity contribution in [2.45, 2.75) is 13.0 Å². The van der Waals surface area contributed by atoms with Gasteiger partial charge in [0.2, 0.25) is 0 Å². The van der Waals surface area contributed by atoms with Gasteiger partial charge in [0, 0.05) is 12.2 Å². The number of carbonyl (C=O) groups excluding carboxylic acids is 2. The molecule has 1 N–H and O–H groups in total. The van der Waals surface area contributed by atoms with E-state index in [1.165, 1.54) is 12.2 Å². The van der Waals surface area contributed by atoms with Crippen LogP contribution in [-0.4, -0.2) is 34.5 Å². The van der Waals surface area contributed by atoms with Crippen molar-refractivity contribution < 1.29 is 14.7 Å². The zero-order valence-corrected chi connectivity index (χ0v) is 6.15. The Labute approximate surface area is 64.1 Å². The molecule has 11 heavy (non-hydrogen) atoms. The SMILES string of the molecule is C[C@@H](CO)N1C(=O)C=CC1=O. The molecule has 0 aromatic rings. The summed E-state index contributed by atoms with van der Waals surface area (Å²) in [5.74, 6) is -0.701. The number of amides is 2. The van der Waals surface area contributed by atoms with Crippen molar-refractivity contribution in [2.75, 3.05) is 6.61 Å². The minimum atomic E-state index is -0.426. The molecule has 0 saturated carbocycles. The van der Waals surface area contributed by atoms with Crippen molar-refractivity contribution in [3.63, 3.8) is 0 Å². The van der Waals surface area contributed by atoms with E-state index in [2.05, 4.69) is 0 Å². The molecule has 0 aromatic heterocycles. The molecular weight excluding hydrogens is 146 g/mol. The molecule has 0 radical (unpaired) electrons. The van der Waals surface area contributed by atoms with Gasteiger partial charge < -0.3 is 5.11 Å². The van der Waals surface area contributed by atoms with Gasteiger partial charge in [-0.25, -0.2) is 0 Å². The van der Waals surface area contributed by atoms with Crippen molar-refractivity contribution in [1.29, 1.82) is 0 Å². The Morgan fingerprint density at radius 1 is 1.45 bits per heavy atom. The summed E-state index contributed by atoms with van der Waals surface area (Å²) < 4.78 is 0. The molecule has 0 saturated heterocycles. The van der Waals surface area contributed by atoms with E-state index >= 15 is 0 Å². The lowest BCUT2D eigenvalue weighted by atomic mass is 10.3. The van der Waals surface area contributed by atoms with Crippen LogP contribution in [0.2, 0.25) is 0 Å². The van der Waals surface area contributed by atoms with Crippen LogP contribution in [-0.2, 0) is 9.59 Å². The van der Waals surface area contributed by atoms with Crippen LogP contribution in [0, 0.1) is 0 Å². The van der Waals surface area contributed by atoms with E-state index in [0.29, 0.717) is 0 Å². The summed E-state index contributed by atoms with van der Waals surface area (Å²) >= 11 is 0. The van der Waals surface area contributed by atoms with E-state index in [1.54, 1.807) is 6.92 Å². The number of rotatable bonds is 2. The summed E-state index contributed by atoms with van der Waals surface area (Å²) in [6, 6.07) is -0.426. The van der Waals surface area contributed by atoms with Crippen LogP contribution in [0.4, 0.5) is 0 Å². The second-order valence-corrected chi connectivity index (χ2v) is 2.41. The predicted octanol–water partition coefficient (Wildman–Crippen LogP) is -0.708. The zero-order chi connectivity index (χ0) is 8.43. The van der Waals surface area contributed by atoms with Gasteiger partial charge in [0.25, 0.3) is 11.8 Å². The molecule has 0 aliphatic carbocycles. The first-order chi connectivity index (χ1) is 5.16. The van der Waals surface area contributed by atoms with E-state index in [4.69, 9.17) is 5.11 Å². The van der Waals surface area contributed by atoms with Crippen molar-refractivity contribution in [2.24, 2.45) is 0 Å². The molecule has 2 amide bonds. The Morgan fingerprint density at radius 3 is 2.27 bits per heavy atom. The topological polar surface area (TPSA) is 57.6 Å². The highest BCUT2D eigenvalue weighted by molar-refractivity contribution is 6.13. The van der Waals surface area contributed by atoms with E-state index in [-0.39, 0.29) is 18.4 Å². The highest BCUT2D eigenvalue weighted by Crippen LogP contribution is 2.07. The molecule has 0 spiro atoms. The molecule has 1 aliphatic rings. The van der Waals surface area contributed by atoms with Crippen LogP contribution in [0.25, 0.3) is 0 Å². The fraction of sp³-hybridized carbons (Fsp3) is 0.429. The number of hydrogen-bond acceptors (Lipinski definition) is 3. The molecule has 0 aromatic carbocycles. The number of hydrogen-bond donors (Lipinski definition) is 1. The molecule has 1 heterocycles. The highest BCUT2D eigenvalue weighted by atomic mass is 16.3. The van der Waals surface area contributed by atoms with E-state index < -0.39 is 6.04 Å². The third kappa shape index (κ3) is 1.30. The Balaban J connectivity index is 2.73. The predicted molar refractivity (Wildman–Crippen MR) is 37.5 cm³/mol. The molecule has 0 bridgehead atoms. The number of carbonyl (C=O) groups is 2. The lowest BCUT2D eigenvalue weighted by molar-refractivity contribution is -0.139. The normalized spacial score (nSPS) is 19.6. The first-order valence-electron chi connectivity index (χ1n) is 3.33. The number of aliphatic hydroxyl groups is 1. The zero-order valence-electron chi connectivity index (χ0n) is 6.15. The van der Waals surface area contributed by atoms with Gasteiger partial charge in [0.1, 0.15) is 0 Å². The van der Waals surface area contributed by atoms with Crippen LogP contribution in [0.1, 0.15) is 6.92 Å². The summed E-state index contributed by atoms with van der Waals surface area (Å²) in [6.07, 6.45) is 2.41. The van der Waals surface area contributed by atoms with Crippen molar-refractivity contribution in [3.05, 3.63) is 12.2 Å². The van der Waals surface area contributed by atoms with Gasteiger partial charge >= 0.3 is 0 Å². The monoisotopic (exact) mass is 155 g/mol. The lowest BCUT2D eigenvalue weighted by Crippen LogP contribution is -2.40. The first-order valence-corrected chi connectivity index (χ1v) is 3.33. The van der Waals surface area contributed by atoms with Crippen LogP contribution >= 0.6 is 0 Å². The summed E-state index contributed by atoms with van der Waals surface area (Å²) in [5, 5.41) is 8.66. The third-order valence-corrected chi connectivity index (χ3v) is 1.55. The number of imide groups is 1. The maximum Gasteiger partial charge on any atom is 0.253 e. The first kappa shape index (κ1) is 7.94. The van der Waals surface area contributed by atoms with Crippen LogP contribution in [0.15, 0.2) is 12.2 Å². The summed E-state index contributed by atoms with van der Waals surface area (Å²) in [7, 11) is 0. The second kappa shape index (κ2) is 2.84. The summed E-state index contributed by atoms with van der Waals surface area (Å²) in [5.41, 5.74) is 0. The number of aliphatic hydroxyl groups excluding tert-OH is 1. The Kier molecular flexibility index (Phi) is 2.05. The van der Waals surface area contributed by atoms with Crippen LogP contribution < -0.4 is 0 Å². The van der Waals surface area contributed by atoms with Gasteiger partial charge in [-0.15, -0.1) is 0 Å². The van der Waals surface area contributed by atoms with Gasteiger partial charge in [0.15, 0.2) is 0 Å². The van der Waals surface area contributed by atoms with Crippen LogP contribution in [0.5, 0.6) is 0 Å². The van der Waals surface area contributed by atoms with Crippen molar-refractivity contribution >= 4 is 11.8 Å². The Morgan fingerprint density at radius 2 is 1.91 bits per heavy atom. The molecule has 4 heteroatoms. The lowest BCUT2D eigenvalue weighted by Gasteiger charge is -2.19. The average molecular weight is 155 g/mol. The van der Waals surface area contributed by atoms with Gasteiger partial charge in [-0.1, -0.05) is 0 Å². The second-order valence-electron chi connectivity index (χ2n) is 2.41. The van der Waals surface area contributed by atoms with E-state index in [0.717, 1.165) is 4.90 Å². The van der Waals surface area contributed by atoms with Crippen molar-refractivity contribution in [3.8, 4) is 0 Å². The van der Waals surface area contributed by atoms with Gasteiger partial charge in [0.05, 0.1) is 12.6 Å². The molecule has 1 atom stereocenters. The number of nitrogens with zero attached hydrogens (tertiary/aromatic N) is 1.